The van der Waals surface area contributed by atoms with Gasteiger partial charge in [0.1, 0.15) is 0 Å². The van der Waals surface area contributed by atoms with Gasteiger partial charge in [-0.2, -0.15) is 0 Å². The van der Waals surface area contributed by atoms with Crippen LogP contribution >= 0.6 is 11.3 Å². The first-order chi connectivity index (χ1) is 10.4. The number of nitrogens with one attached hydrogen (secondary N) is 1. The molecular formula is C16H27N3O2S. The van der Waals surface area contributed by atoms with Crippen molar-refractivity contribution in [3.8, 4) is 0 Å². The molecule has 6 heteroatoms. The third kappa shape index (κ3) is 4.68. The second-order valence-electron chi connectivity index (χ2n) is 7.00. The van der Waals surface area contributed by atoms with E-state index in [4.69, 9.17) is 0 Å². The SMILES string of the molecule is CC(C)(C)c1csc(CCNC(=O)N2CCCC(CO)C2)n1. The van der Waals surface area contributed by atoms with Crippen molar-refractivity contribution in [2.45, 2.75) is 45.4 Å². The molecule has 2 amide bonds. The monoisotopic (exact) mass is 325 g/mol. The van der Waals surface area contributed by atoms with Crippen LogP contribution in [0.1, 0.15) is 44.3 Å². The number of carbonyl (C=O) groups excluding carboxylic acids is 1. The Labute approximate surface area is 136 Å². The first-order valence-electron chi connectivity index (χ1n) is 7.98. The number of aliphatic hydroxyl groups is 1. The second kappa shape index (κ2) is 7.42. The third-order valence-electron chi connectivity index (χ3n) is 4.00. The highest BCUT2D eigenvalue weighted by atomic mass is 32.1. The number of thiazole rings is 1. The van der Waals surface area contributed by atoms with Crippen LogP contribution < -0.4 is 5.32 Å². The van der Waals surface area contributed by atoms with Gasteiger partial charge in [-0.05, 0) is 18.8 Å². The van der Waals surface area contributed by atoms with E-state index >= 15 is 0 Å². The van der Waals surface area contributed by atoms with Crippen molar-refractivity contribution in [3.63, 3.8) is 0 Å². The molecule has 5 nitrogen and oxygen atoms in total. The van der Waals surface area contributed by atoms with Gasteiger partial charge in [0.2, 0.25) is 0 Å². The second-order valence-corrected chi connectivity index (χ2v) is 7.94. The molecule has 1 aliphatic rings. The van der Waals surface area contributed by atoms with Crippen molar-refractivity contribution in [3.05, 3.63) is 16.1 Å². The molecule has 0 spiro atoms. The molecule has 1 atom stereocenters. The zero-order valence-corrected chi connectivity index (χ0v) is 14.6. The number of piperidine rings is 1. The molecule has 2 heterocycles. The van der Waals surface area contributed by atoms with Gasteiger partial charge in [-0.15, -0.1) is 11.3 Å². The van der Waals surface area contributed by atoms with Crippen molar-refractivity contribution in [2.24, 2.45) is 5.92 Å². The molecular weight excluding hydrogens is 298 g/mol. The average molecular weight is 325 g/mol. The molecule has 2 N–H and O–H groups in total. The van der Waals surface area contributed by atoms with Gasteiger partial charge in [0.15, 0.2) is 0 Å². The zero-order valence-electron chi connectivity index (χ0n) is 13.8. The van der Waals surface area contributed by atoms with E-state index in [0.29, 0.717) is 13.1 Å². The number of aliphatic hydroxyl groups excluding tert-OH is 1. The fourth-order valence-corrected chi connectivity index (χ4v) is 3.58. The third-order valence-corrected chi connectivity index (χ3v) is 4.91. The van der Waals surface area contributed by atoms with Crippen LogP contribution in [0.3, 0.4) is 0 Å². The van der Waals surface area contributed by atoms with Crippen LogP contribution in [0.2, 0.25) is 0 Å². The average Bonchev–Trinajstić information content (AvgIpc) is 2.96. The lowest BCUT2D eigenvalue weighted by atomic mass is 9.93. The van der Waals surface area contributed by atoms with E-state index in [-0.39, 0.29) is 24.0 Å². The number of amides is 2. The molecule has 1 fully saturated rings. The van der Waals surface area contributed by atoms with Crippen molar-refractivity contribution >= 4 is 17.4 Å². The lowest BCUT2D eigenvalue weighted by molar-refractivity contribution is 0.129. The van der Waals surface area contributed by atoms with Gasteiger partial charge in [0.05, 0.1) is 10.7 Å². The normalized spacial score (nSPS) is 19.3. The van der Waals surface area contributed by atoms with E-state index in [1.54, 1.807) is 11.3 Å². The van der Waals surface area contributed by atoms with Crippen LogP contribution in [-0.4, -0.2) is 47.3 Å². The number of aromatic nitrogens is 1. The van der Waals surface area contributed by atoms with Crippen LogP contribution in [0.15, 0.2) is 5.38 Å². The standard InChI is InChI=1S/C16H27N3O2S/c1-16(2,3)13-11-22-14(18-13)6-7-17-15(21)19-8-4-5-12(9-19)10-20/h11-12,20H,4-10H2,1-3H3,(H,17,21). The smallest absolute Gasteiger partial charge is 0.317 e. The van der Waals surface area contributed by atoms with Crippen LogP contribution in [0, 0.1) is 5.92 Å². The number of urea groups is 1. The molecule has 0 saturated carbocycles. The zero-order chi connectivity index (χ0) is 16.2. The Kier molecular flexibility index (Phi) is 5.81. The fraction of sp³-hybridized carbons (Fsp3) is 0.750. The minimum atomic E-state index is -0.0225. The molecule has 0 aliphatic carbocycles. The number of hydrogen-bond donors (Lipinski definition) is 2. The Hall–Kier alpha value is -1.14. The molecule has 0 aromatic carbocycles. The largest absolute Gasteiger partial charge is 0.396 e. The van der Waals surface area contributed by atoms with E-state index in [2.05, 4.69) is 36.5 Å². The summed E-state index contributed by atoms with van der Waals surface area (Å²) in [4.78, 5) is 18.6. The van der Waals surface area contributed by atoms with E-state index < -0.39 is 0 Å². The first-order valence-corrected chi connectivity index (χ1v) is 8.86. The Morgan fingerprint density at radius 1 is 1.55 bits per heavy atom. The van der Waals surface area contributed by atoms with Crippen LogP contribution in [0.25, 0.3) is 0 Å². The molecule has 1 unspecified atom stereocenters. The highest BCUT2D eigenvalue weighted by Crippen LogP contribution is 2.24. The lowest BCUT2D eigenvalue weighted by Crippen LogP contribution is -2.46. The molecule has 0 radical (unpaired) electrons. The van der Waals surface area contributed by atoms with Crippen molar-refractivity contribution in [1.29, 1.82) is 0 Å². The van der Waals surface area contributed by atoms with Gasteiger partial charge < -0.3 is 15.3 Å². The number of likely N-dealkylation sites (tertiary alicyclic amines) is 1. The molecule has 2 rings (SSSR count). The van der Waals surface area contributed by atoms with Gasteiger partial charge in [0.25, 0.3) is 0 Å². The Morgan fingerprint density at radius 2 is 2.32 bits per heavy atom. The first kappa shape index (κ1) is 17.2. The van der Waals surface area contributed by atoms with E-state index in [1.807, 2.05) is 4.90 Å². The summed E-state index contributed by atoms with van der Waals surface area (Å²) in [6.07, 6.45) is 2.75. The molecule has 22 heavy (non-hydrogen) atoms. The van der Waals surface area contributed by atoms with Crippen molar-refractivity contribution in [2.75, 3.05) is 26.2 Å². The Bertz CT molecular complexity index is 496. The topological polar surface area (TPSA) is 65.5 Å². The van der Waals surface area contributed by atoms with Gasteiger partial charge in [-0.25, -0.2) is 9.78 Å². The summed E-state index contributed by atoms with van der Waals surface area (Å²) in [5.74, 6) is 0.229. The van der Waals surface area contributed by atoms with Gasteiger partial charge in [0, 0.05) is 43.5 Å². The minimum Gasteiger partial charge on any atom is -0.396 e. The summed E-state index contributed by atoms with van der Waals surface area (Å²) in [7, 11) is 0. The number of hydrogen-bond acceptors (Lipinski definition) is 4. The maximum absolute atomic E-state index is 12.1. The lowest BCUT2D eigenvalue weighted by Gasteiger charge is -2.31. The molecule has 1 aliphatic heterocycles. The van der Waals surface area contributed by atoms with Crippen molar-refractivity contribution < 1.29 is 9.90 Å². The summed E-state index contributed by atoms with van der Waals surface area (Å²) in [5, 5.41) is 15.4. The van der Waals surface area contributed by atoms with Crippen LogP contribution in [-0.2, 0) is 11.8 Å². The Balaban J connectivity index is 1.76. The summed E-state index contributed by atoms with van der Waals surface area (Å²) in [5.41, 5.74) is 1.19. The predicted molar refractivity (Wildman–Crippen MR) is 89.3 cm³/mol. The van der Waals surface area contributed by atoms with Gasteiger partial charge >= 0.3 is 6.03 Å². The number of nitrogens with zero attached hydrogens (tertiary/aromatic N) is 2. The molecule has 124 valence electrons. The fourth-order valence-electron chi connectivity index (χ4n) is 2.56. The summed E-state index contributed by atoms with van der Waals surface area (Å²) in [6.45, 7) is 8.68. The van der Waals surface area contributed by atoms with Gasteiger partial charge in [-0.3, -0.25) is 0 Å². The molecule has 1 aromatic rings. The number of rotatable bonds is 4. The van der Waals surface area contributed by atoms with Gasteiger partial charge in [-0.1, -0.05) is 20.8 Å². The van der Waals surface area contributed by atoms with E-state index in [0.717, 1.165) is 36.5 Å². The molecule has 0 bridgehead atoms. The summed E-state index contributed by atoms with van der Waals surface area (Å²) >= 11 is 1.66. The summed E-state index contributed by atoms with van der Waals surface area (Å²) in [6, 6.07) is -0.0225. The molecule has 1 aromatic heterocycles. The quantitative estimate of drug-likeness (QED) is 0.893. The van der Waals surface area contributed by atoms with Crippen LogP contribution in [0.5, 0.6) is 0 Å². The van der Waals surface area contributed by atoms with Crippen molar-refractivity contribution in [1.82, 2.24) is 15.2 Å². The maximum atomic E-state index is 12.1. The highest BCUT2D eigenvalue weighted by molar-refractivity contribution is 7.09. The molecule has 1 saturated heterocycles. The number of carbonyl (C=O) groups is 1. The van der Waals surface area contributed by atoms with Crippen LogP contribution in [0.4, 0.5) is 4.79 Å². The highest BCUT2D eigenvalue weighted by Gasteiger charge is 2.23. The van der Waals surface area contributed by atoms with E-state index in [1.165, 1.54) is 0 Å². The minimum absolute atomic E-state index is 0.0225. The summed E-state index contributed by atoms with van der Waals surface area (Å²) < 4.78 is 0. The van der Waals surface area contributed by atoms with E-state index in [9.17, 15) is 9.90 Å². The maximum Gasteiger partial charge on any atom is 0.317 e. The predicted octanol–water partition coefficient (Wildman–Crippen LogP) is 2.40. The Morgan fingerprint density at radius 3 is 2.95 bits per heavy atom.